The highest BCUT2D eigenvalue weighted by Gasteiger charge is 2.17. The van der Waals surface area contributed by atoms with Crippen molar-refractivity contribution in [2.24, 2.45) is 0 Å². The molecule has 0 bridgehead atoms. The standard InChI is InChI=1S/C19H19ClN6OS/c20-14-9-15(22)17(23-11-14)24-19(28)25-18(27)12-4-5-16(13(8-12)10-21)26-6-2-1-3-7-26/h4-5,8-9,11H,1-3,6-7,22H2,(H2,23,24,25,27,28). The summed E-state index contributed by atoms with van der Waals surface area (Å²) in [5.41, 5.74) is 7.80. The Morgan fingerprint density at radius 1 is 1.29 bits per heavy atom. The van der Waals surface area contributed by atoms with E-state index in [0.29, 0.717) is 27.7 Å². The molecule has 2 aromatic rings. The third-order valence-corrected chi connectivity index (χ3v) is 4.83. The number of nitrogens with two attached hydrogens (primary N) is 1. The van der Waals surface area contributed by atoms with Gasteiger partial charge in [-0.1, -0.05) is 11.6 Å². The second-order valence-corrected chi connectivity index (χ2v) is 7.24. The number of benzene rings is 1. The summed E-state index contributed by atoms with van der Waals surface area (Å²) < 4.78 is 0. The first kappa shape index (κ1) is 19.9. The molecule has 0 radical (unpaired) electrons. The van der Waals surface area contributed by atoms with E-state index in [0.717, 1.165) is 31.6 Å². The first-order chi connectivity index (χ1) is 13.5. The molecule has 2 heterocycles. The van der Waals surface area contributed by atoms with E-state index in [1.807, 2.05) is 6.07 Å². The normalized spacial score (nSPS) is 13.5. The molecule has 0 atom stereocenters. The molecule has 1 aliphatic rings. The summed E-state index contributed by atoms with van der Waals surface area (Å²) in [7, 11) is 0. The first-order valence-electron chi connectivity index (χ1n) is 8.80. The third-order valence-electron chi connectivity index (χ3n) is 4.42. The number of thiocarbonyl (C=S) groups is 1. The van der Waals surface area contributed by atoms with E-state index in [1.54, 1.807) is 12.1 Å². The zero-order valence-corrected chi connectivity index (χ0v) is 16.6. The van der Waals surface area contributed by atoms with Crippen LogP contribution in [0.5, 0.6) is 0 Å². The van der Waals surface area contributed by atoms with Gasteiger partial charge in [0, 0.05) is 24.8 Å². The van der Waals surface area contributed by atoms with Crippen LogP contribution >= 0.6 is 23.8 Å². The summed E-state index contributed by atoms with van der Waals surface area (Å²) >= 11 is 11.0. The minimum absolute atomic E-state index is 0.0464. The number of aromatic nitrogens is 1. The molecule has 4 N–H and O–H groups in total. The number of amides is 1. The highest BCUT2D eigenvalue weighted by Crippen LogP contribution is 2.25. The molecule has 1 amide bonds. The van der Waals surface area contributed by atoms with Gasteiger partial charge in [-0.25, -0.2) is 4.98 Å². The van der Waals surface area contributed by atoms with Crippen LogP contribution in [0.25, 0.3) is 0 Å². The molecule has 3 rings (SSSR count). The largest absolute Gasteiger partial charge is 0.396 e. The monoisotopic (exact) mass is 414 g/mol. The van der Waals surface area contributed by atoms with Crippen LogP contribution in [0.2, 0.25) is 5.02 Å². The van der Waals surface area contributed by atoms with Crippen molar-refractivity contribution >= 4 is 52.0 Å². The van der Waals surface area contributed by atoms with Gasteiger partial charge in [-0.3, -0.25) is 10.1 Å². The van der Waals surface area contributed by atoms with E-state index >= 15 is 0 Å². The fraction of sp³-hybridized carbons (Fsp3) is 0.263. The van der Waals surface area contributed by atoms with Gasteiger partial charge in [0.25, 0.3) is 5.91 Å². The summed E-state index contributed by atoms with van der Waals surface area (Å²) in [6.45, 7) is 1.84. The van der Waals surface area contributed by atoms with Crippen molar-refractivity contribution in [1.82, 2.24) is 10.3 Å². The molecule has 144 valence electrons. The van der Waals surface area contributed by atoms with Crippen molar-refractivity contribution in [3.8, 4) is 6.07 Å². The molecular weight excluding hydrogens is 396 g/mol. The number of nitrogens with zero attached hydrogens (tertiary/aromatic N) is 3. The first-order valence-corrected chi connectivity index (χ1v) is 9.59. The fourth-order valence-electron chi connectivity index (χ4n) is 3.05. The summed E-state index contributed by atoms with van der Waals surface area (Å²) in [5, 5.41) is 15.3. The van der Waals surface area contributed by atoms with Crippen LogP contribution in [0.4, 0.5) is 17.2 Å². The number of halogens is 1. The highest BCUT2D eigenvalue weighted by molar-refractivity contribution is 7.80. The van der Waals surface area contributed by atoms with E-state index in [-0.39, 0.29) is 5.11 Å². The van der Waals surface area contributed by atoms with Crippen molar-refractivity contribution in [1.29, 1.82) is 5.26 Å². The van der Waals surface area contributed by atoms with Gasteiger partial charge in [0.15, 0.2) is 10.9 Å². The van der Waals surface area contributed by atoms with Gasteiger partial charge in [-0.05, 0) is 55.7 Å². The molecule has 0 unspecified atom stereocenters. The third kappa shape index (κ3) is 4.68. The van der Waals surface area contributed by atoms with Gasteiger partial charge < -0.3 is 16.0 Å². The molecule has 1 fully saturated rings. The molecule has 0 saturated carbocycles. The number of hydrogen-bond donors (Lipinski definition) is 3. The zero-order chi connectivity index (χ0) is 20.1. The Bertz CT molecular complexity index is 952. The maximum absolute atomic E-state index is 12.5. The summed E-state index contributed by atoms with van der Waals surface area (Å²) in [4.78, 5) is 18.7. The van der Waals surface area contributed by atoms with Gasteiger partial charge in [-0.15, -0.1) is 0 Å². The molecule has 7 nitrogen and oxygen atoms in total. The lowest BCUT2D eigenvalue weighted by atomic mass is 10.0. The van der Waals surface area contributed by atoms with Gasteiger partial charge in [0.05, 0.1) is 22.0 Å². The SMILES string of the molecule is N#Cc1cc(C(=O)NC(=S)Nc2ncc(Cl)cc2N)ccc1N1CCCCC1. The molecule has 0 aliphatic carbocycles. The molecule has 1 saturated heterocycles. The Kier molecular flexibility index (Phi) is 6.29. The molecule has 9 heteroatoms. The molecule has 1 aromatic heterocycles. The number of carbonyl (C=O) groups is 1. The van der Waals surface area contributed by atoms with Crippen molar-refractivity contribution < 1.29 is 4.79 Å². The van der Waals surface area contributed by atoms with E-state index in [1.165, 1.54) is 18.7 Å². The van der Waals surface area contributed by atoms with Gasteiger partial charge in [-0.2, -0.15) is 5.26 Å². The number of pyridine rings is 1. The molecule has 1 aliphatic heterocycles. The Morgan fingerprint density at radius 3 is 2.71 bits per heavy atom. The fourth-order valence-corrected chi connectivity index (χ4v) is 3.41. The number of carbonyl (C=O) groups excluding carboxylic acids is 1. The van der Waals surface area contributed by atoms with Crippen molar-refractivity contribution in [2.75, 3.05) is 29.0 Å². The van der Waals surface area contributed by atoms with Crippen LogP contribution in [0.3, 0.4) is 0 Å². The molecule has 1 aromatic carbocycles. The predicted molar refractivity (Wildman–Crippen MR) is 115 cm³/mol. The van der Waals surface area contributed by atoms with E-state index in [2.05, 4.69) is 26.6 Å². The Morgan fingerprint density at radius 2 is 2.04 bits per heavy atom. The highest BCUT2D eigenvalue weighted by atomic mass is 35.5. The van der Waals surface area contributed by atoms with Gasteiger partial charge in [0.1, 0.15) is 6.07 Å². The summed E-state index contributed by atoms with van der Waals surface area (Å²) in [6, 6.07) is 8.80. The zero-order valence-electron chi connectivity index (χ0n) is 15.0. The lowest BCUT2D eigenvalue weighted by Gasteiger charge is -2.29. The number of rotatable bonds is 3. The smallest absolute Gasteiger partial charge is 0.257 e. The predicted octanol–water partition coefficient (Wildman–Crippen LogP) is 3.31. The second kappa shape index (κ2) is 8.87. The maximum Gasteiger partial charge on any atom is 0.257 e. The van der Waals surface area contributed by atoms with Crippen LogP contribution in [0, 0.1) is 11.3 Å². The number of piperidine rings is 1. The van der Waals surface area contributed by atoms with Crippen molar-refractivity contribution in [3.05, 3.63) is 46.6 Å². The molecular formula is C19H19ClN6OS. The van der Waals surface area contributed by atoms with Crippen LogP contribution in [0.15, 0.2) is 30.5 Å². The Labute approximate surface area is 173 Å². The minimum Gasteiger partial charge on any atom is -0.396 e. The number of nitriles is 1. The second-order valence-electron chi connectivity index (χ2n) is 6.39. The van der Waals surface area contributed by atoms with Crippen molar-refractivity contribution in [2.45, 2.75) is 19.3 Å². The van der Waals surface area contributed by atoms with E-state index in [4.69, 9.17) is 29.6 Å². The average molecular weight is 415 g/mol. The number of anilines is 3. The lowest BCUT2D eigenvalue weighted by molar-refractivity contribution is 0.0977. The van der Waals surface area contributed by atoms with E-state index < -0.39 is 5.91 Å². The van der Waals surface area contributed by atoms with Crippen LogP contribution in [-0.2, 0) is 0 Å². The van der Waals surface area contributed by atoms with Crippen LogP contribution in [-0.4, -0.2) is 29.1 Å². The Hall–Kier alpha value is -2.89. The Balaban J connectivity index is 1.69. The molecule has 0 spiro atoms. The minimum atomic E-state index is -0.424. The topological polar surface area (TPSA) is 107 Å². The van der Waals surface area contributed by atoms with Gasteiger partial charge in [0.2, 0.25) is 0 Å². The van der Waals surface area contributed by atoms with Gasteiger partial charge >= 0.3 is 0 Å². The average Bonchev–Trinajstić information content (AvgIpc) is 2.70. The lowest BCUT2D eigenvalue weighted by Crippen LogP contribution is -2.35. The molecule has 28 heavy (non-hydrogen) atoms. The van der Waals surface area contributed by atoms with Crippen molar-refractivity contribution in [3.63, 3.8) is 0 Å². The summed E-state index contributed by atoms with van der Waals surface area (Å²) in [5.74, 6) is -0.125. The quantitative estimate of drug-likeness (QED) is 0.661. The van der Waals surface area contributed by atoms with Crippen LogP contribution < -0.4 is 21.3 Å². The number of nitrogen functional groups attached to an aromatic ring is 1. The van der Waals surface area contributed by atoms with E-state index in [9.17, 15) is 10.1 Å². The van der Waals surface area contributed by atoms with Crippen LogP contribution in [0.1, 0.15) is 35.2 Å². The summed E-state index contributed by atoms with van der Waals surface area (Å²) in [6.07, 6.45) is 4.84. The number of hydrogen-bond acceptors (Lipinski definition) is 6. The number of nitrogens with one attached hydrogen (secondary N) is 2. The maximum atomic E-state index is 12.5.